The van der Waals surface area contributed by atoms with Crippen molar-refractivity contribution in [2.75, 3.05) is 13.2 Å². The van der Waals surface area contributed by atoms with Crippen LogP contribution in [0.4, 0.5) is 0 Å². The predicted octanol–water partition coefficient (Wildman–Crippen LogP) is 1.92. The molecule has 3 heterocycles. The van der Waals surface area contributed by atoms with Gasteiger partial charge in [0.1, 0.15) is 12.3 Å². The van der Waals surface area contributed by atoms with E-state index in [1.165, 1.54) is 6.26 Å². The number of aromatic nitrogens is 3. The van der Waals surface area contributed by atoms with E-state index in [-0.39, 0.29) is 12.0 Å². The van der Waals surface area contributed by atoms with Gasteiger partial charge in [-0.05, 0) is 20.3 Å². The molecule has 0 spiro atoms. The Morgan fingerprint density at radius 1 is 1.43 bits per heavy atom. The molecule has 124 valence electrons. The number of amides is 1. The fraction of sp³-hybridized carbons (Fsp3) is 0.600. The molecule has 2 atom stereocenters. The second-order valence-electron chi connectivity index (χ2n) is 5.58. The van der Waals surface area contributed by atoms with Gasteiger partial charge in [0.15, 0.2) is 17.4 Å². The minimum Gasteiger partial charge on any atom is -0.448 e. The zero-order valence-electron chi connectivity index (χ0n) is 13.5. The Morgan fingerprint density at radius 3 is 2.96 bits per heavy atom. The first-order chi connectivity index (χ1) is 11.1. The highest BCUT2D eigenvalue weighted by molar-refractivity contribution is 5.92. The summed E-state index contributed by atoms with van der Waals surface area (Å²) in [5.41, 5.74) is 0.295. The van der Waals surface area contributed by atoms with E-state index < -0.39 is 6.04 Å². The molecular formula is C15H20N4O4. The molecule has 2 aromatic heterocycles. The molecule has 0 saturated carbocycles. The third-order valence-electron chi connectivity index (χ3n) is 3.79. The Hall–Kier alpha value is -2.22. The van der Waals surface area contributed by atoms with Crippen LogP contribution in [-0.4, -0.2) is 45.2 Å². The zero-order chi connectivity index (χ0) is 16.4. The third kappa shape index (κ3) is 3.12. The minimum atomic E-state index is -0.427. The van der Waals surface area contributed by atoms with Crippen LogP contribution in [-0.2, 0) is 11.2 Å². The van der Waals surface area contributed by atoms with Gasteiger partial charge in [-0.15, -0.1) is 0 Å². The second kappa shape index (κ2) is 6.49. The van der Waals surface area contributed by atoms with Crippen molar-refractivity contribution < 1.29 is 18.5 Å². The molecule has 1 aliphatic heterocycles. The summed E-state index contributed by atoms with van der Waals surface area (Å²) in [7, 11) is 0. The highest BCUT2D eigenvalue weighted by Gasteiger charge is 2.39. The Balaban J connectivity index is 1.86. The van der Waals surface area contributed by atoms with Crippen LogP contribution in [0.5, 0.6) is 0 Å². The van der Waals surface area contributed by atoms with Gasteiger partial charge in [0, 0.05) is 13.0 Å². The lowest BCUT2D eigenvalue weighted by Gasteiger charge is -2.37. The SMILES string of the molecule is CCCc1nc(C(=O)N2CCO[C@H](C)[C@H]2c2nc(C)no2)co1. The Kier molecular flexibility index (Phi) is 4.42. The lowest BCUT2D eigenvalue weighted by molar-refractivity contribution is -0.0602. The normalized spacial score (nSPS) is 21.6. The molecule has 0 unspecified atom stereocenters. The summed E-state index contributed by atoms with van der Waals surface area (Å²) in [5, 5.41) is 3.81. The first kappa shape index (κ1) is 15.7. The maximum absolute atomic E-state index is 12.8. The van der Waals surface area contributed by atoms with Gasteiger partial charge >= 0.3 is 0 Å². The van der Waals surface area contributed by atoms with E-state index >= 15 is 0 Å². The number of carbonyl (C=O) groups is 1. The van der Waals surface area contributed by atoms with E-state index in [1.807, 2.05) is 13.8 Å². The standard InChI is InChI=1S/C15H20N4O4/c1-4-5-12-17-11(8-22-12)15(20)19-6-7-21-9(2)13(19)14-16-10(3)18-23-14/h8-9,13H,4-7H2,1-3H3/t9-,13+/m1/s1. The predicted molar refractivity (Wildman–Crippen MR) is 78.7 cm³/mol. The summed E-state index contributed by atoms with van der Waals surface area (Å²) >= 11 is 0. The van der Waals surface area contributed by atoms with E-state index in [0.717, 1.165) is 6.42 Å². The van der Waals surface area contributed by atoms with E-state index in [9.17, 15) is 4.79 Å². The molecule has 0 radical (unpaired) electrons. The highest BCUT2D eigenvalue weighted by atomic mass is 16.5. The zero-order valence-corrected chi connectivity index (χ0v) is 13.5. The number of morpholine rings is 1. The summed E-state index contributed by atoms with van der Waals surface area (Å²) in [6.45, 7) is 6.54. The van der Waals surface area contributed by atoms with E-state index in [2.05, 4.69) is 15.1 Å². The number of ether oxygens (including phenoxy) is 1. The fourth-order valence-corrected chi connectivity index (χ4v) is 2.70. The molecule has 3 rings (SSSR count). The first-order valence-electron chi connectivity index (χ1n) is 7.77. The van der Waals surface area contributed by atoms with Crippen molar-refractivity contribution in [3.8, 4) is 0 Å². The molecule has 0 aliphatic carbocycles. The van der Waals surface area contributed by atoms with Gasteiger partial charge in [0.2, 0.25) is 0 Å². The van der Waals surface area contributed by atoms with E-state index in [4.69, 9.17) is 13.7 Å². The van der Waals surface area contributed by atoms with E-state index in [1.54, 1.807) is 11.8 Å². The molecule has 1 amide bonds. The van der Waals surface area contributed by atoms with Crippen LogP contribution >= 0.6 is 0 Å². The number of carbonyl (C=O) groups excluding carboxylic acids is 1. The number of hydrogen-bond donors (Lipinski definition) is 0. The summed E-state index contributed by atoms with van der Waals surface area (Å²) in [6.07, 6.45) is 2.78. The quantitative estimate of drug-likeness (QED) is 0.849. The van der Waals surface area contributed by atoms with Crippen molar-refractivity contribution in [2.45, 2.75) is 45.8 Å². The van der Waals surface area contributed by atoms with Gasteiger partial charge < -0.3 is 18.6 Å². The molecule has 0 bridgehead atoms. The van der Waals surface area contributed by atoms with Crippen molar-refractivity contribution >= 4 is 5.91 Å². The molecule has 8 nitrogen and oxygen atoms in total. The fourth-order valence-electron chi connectivity index (χ4n) is 2.70. The topological polar surface area (TPSA) is 94.5 Å². The van der Waals surface area contributed by atoms with Crippen LogP contribution in [0, 0.1) is 6.92 Å². The van der Waals surface area contributed by atoms with Gasteiger partial charge in [0.25, 0.3) is 11.8 Å². The van der Waals surface area contributed by atoms with Crippen LogP contribution in [0.15, 0.2) is 15.2 Å². The molecule has 1 aliphatic rings. The van der Waals surface area contributed by atoms with Gasteiger partial charge in [-0.3, -0.25) is 4.79 Å². The van der Waals surface area contributed by atoms with Crippen LogP contribution in [0.25, 0.3) is 0 Å². The molecule has 1 saturated heterocycles. The average Bonchev–Trinajstić information content (AvgIpc) is 3.16. The monoisotopic (exact) mass is 320 g/mol. The van der Waals surface area contributed by atoms with Crippen molar-refractivity contribution in [1.29, 1.82) is 0 Å². The highest BCUT2D eigenvalue weighted by Crippen LogP contribution is 2.29. The van der Waals surface area contributed by atoms with Gasteiger partial charge in [0.05, 0.1) is 12.7 Å². The second-order valence-corrected chi connectivity index (χ2v) is 5.58. The molecule has 2 aromatic rings. The molecule has 23 heavy (non-hydrogen) atoms. The van der Waals surface area contributed by atoms with Crippen molar-refractivity contribution in [3.05, 3.63) is 29.6 Å². The number of rotatable bonds is 4. The van der Waals surface area contributed by atoms with Gasteiger partial charge in [-0.1, -0.05) is 12.1 Å². The van der Waals surface area contributed by atoms with Gasteiger partial charge in [-0.2, -0.15) is 4.98 Å². The maximum Gasteiger partial charge on any atom is 0.276 e. The van der Waals surface area contributed by atoms with Gasteiger partial charge in [-0.25, -0.2) is 4.98 Å². The Bertz CT molecular complexity index is 681. The Labute approximate surface area is 133 Å². The summed E-state index contributed by atoms with van der Waals surface area (Å²) < 4.78 is 16.3. The summed E-state index contributed by atoms with van der Waals surface area (Å²) in [5.74, 6) is 1.26. The molecule has 0 N–H and O–H groups in total. The molecule has 0 aromatic carbocycles. The molecule has 8 heteroatoms. The molecule has 1 fully saturated rings. The van der Waals surface area contributed by atoms with Crippen molar-refractivity contribution in [3.63, 3.8) is 0 Å². The summed E-state index contributed by atoms with van der Waals surface area (Å²) in [6, 6.07) is -0.427. The lowest BCUT2D eigenvalue weighted by Crippen LogP contribution is -2.47. The number of oxazole rings is 1. The number of nitrogens with zero attached hydrogens (tertiary/aromatic N) is 4. The number of aryl methyl sites for hydroxylation is 2. The smallest absolute Gasteiger partial charge is 0.276 e. The lowest BCUT2D eigenvalue weighted by atomic mass is 10.1. The van der Waals surface area contributed by atoms with Crippen LogP contribution in [0.2, 0.25) is 0 Å². The van der Waals surface area contributed by atoms with Crippen molar-refractivity contribution in [1.82, 2.24) is 20.0 Å². The largest absolute Gasteiger partial charge is 0.448 e. The average molecular weight is 320 g/mol. The van der Waals surface area contributed by atoms with E-state index in [0.29, 0.717) is 42.9 Å². The summed E-state index contributed by atoms with van der Waals surface area (Å²) in [4.78, 5) is 23.0. The van der Waals surface area contributed by atoms with Crippen molar-refractivity contribution in [2.24, 2.45) is 0 Å². The van der Waals surface area contributed by atoms with Crippen LogP contribution in [0.1, 0.15) is 54.4 Å². The van der Waals surface area contributed by atoms with Crippen LogP contribution in [0.3, 0.4) is 0 Å². The Morgan fingerprint density at radius 2 is 2.26 bits per heavy atom. The van der Waals surface area contributed by atoms with Crippen LogP contribution < -0.4 is 0 Å². The minimum absolute atomic E-state index is 0.216. The third-order valence-corrected chi connectivity index (χ3v) is 3.79. The number of hydrogen-bond acceptors (Lipinski definition) is 7. The maximum atomic E-state index is 12.8. The molecular weight excluding hydrogens is 300 g/mol. The first-order valence-corrected chi connectivity index (χ1v) is 7.77.